The topological polar surface area (TPSA) is 38.8 Å². The van der Waals surface area contributed by atoms with Crippen molar-refractivity contribution in [3.05, 3.63) is 70.2 Å². The van der Waals surface area contributed by atoms with Gasteiger partial charge in [0.05, 0.1) is 18.3 Å². The van der Waals surface area contributed by atoms with E-state index in [2.05, 4.69) is 27.9 Å². The first-order valence-electron chi connectivity index (χ1n) is 10.2. The van der Waals surface area contributed by atoms with Gasteiger partial charge in [0.2, 0.25) is 0 Å². The maximum Gasteiger partial charge on any atom is 0.265 e. The molecular formula is C25H22BrNO3. The number of allylic oxidation sites excluding steroid dienone is 1. The smallest absolute Gasteiger partial charge is 0.265 e. The lowest BCUT2D eigenvalue weighted by molar-refractivity contribution is -0.174. The minimum absolute atomic E-state index is 0.0261. The molecule has 2 heterocycles. The number of hydrogen-bond donors (Lipinski definition) is 0. The summed E-state index contributed by atoms with van der Waals surface area (Å²) in [5.74, 6) is 3.39. The van der Waals surface area contributed by atoms with Crippen molar-refractivity contribution in [2.45, 2.75) is 31.0 Å². The van der Waals surface area contributed by atoms with E-state index in [9.17, 15) is 4.79 Å². The Morgan fingerprint density at radius 1 is 1.23 bits per heavy atom. The van der Waals surface area contributed by atoms with Crippen LogP contribution >= 0.6 is 15.9 Å². The fourth-order valence-electron chi connectivity index (χ4n) is 5.10. The molecule has 1 spiro atoms. The minimum Gasteiger partial charge on any atom is -0.491 e. The van der Waals surface area contributed by atoms with Crippen LogP contribution in [-0.2, 0) is 15.1 Å². The molecule has 2 aromatic rings. The number of rotatable bonds is 4. The van der Waals surface area contributed by atoms with Crippen LogP contribution in [0.5, 0.6) is 5.75 Å². The van der Waals surface area contributed by atoms with Crippen molar-refractivity contribution in [1.29, 1.82) is 0 Å². The number of anilines is 1. The molecule has 1 unspecified atom stereocenters. The van der Waals surface area contributed by atoms with Gasteiger partial charge in [0.15, 0.2) is 5.60 Å². The van der Waals surface area contributed by atoms with Gasteiger partial charge in [0, 0.05) is 16.0 Å². The second-order valence-electron chi connectivity index (χ2n) is 7.94. The Hall–Kier alpha value is -2.55. The highest BCUT2D eigenvalue weighted by Crippen LogP contribution is 2.58. The zero-order chi connectivity index (χ0) is 20.7. The lowest BCUT2D eigenvalue weighted by atomic mass is 9.74. The van der Waals surface area contributed by atoms with Gasteiger partial charge in [-0.2, -0.15) is 0 Å². The maximum absolute atomic E-state index is 13.9. The predicted octanol–water partition coefficient (Wildman–Crippen LogP) is 4.83. The summed E-state index contributed by atoms with van der Waals surface area (Å²) < 4.78 is 13.6. The first-order chi connectivity index (χ1) is 14.6. The predicted molar refractivity (Wildman–Crippen MR) is 119 cm³/mol. The average Bonchev–Trinajstić information content (AvgIpc) is 3.32. The molecule has 4 nitrogen and oxygen atoms in total. The Kier molecular flexibility index (Phi) is 4.92. The molecule has 0 bridgehead atoms. The van der Waals surface area contributed by atoms with Crippen LogP contribution in [0, 0.1) is 18.3 Å². The Bertz CT molecular complexity index is 1060. The van der Waals surface area contributed by atoms with E-state index >= 15 is 0 Å². The Balaban J connectivity index is 1.55. The fraction of sp³-hybridized carbons (Fsp3) is 0.320. The van der Waals surface area contributed by atoms with Crippen LogP contribution in [0.3, 0.4) is 0 Å². The quantitative estimate of drug-likeness (QED) is 0.481. The van der Waals surface area contributed by atoms with Crippen LogP contribution in [0.1, 0.15) is 24.8 Å². The highest BCUT2D eigenvalue weighted by atomic mass is 79.9. The zero-order valence-corrected chi connectivity index (χ0v) is 18.1. The number of nitrogens with zero attached hydrogens (tertiary/aromatic N) is 1. The van der Waals surface area contributed by atoms with Crippen molar-refractivity contribution in [1.82, 2.24) is 0 Å². The summed E-state index contributed by atoms with van der Waals surface area (Å²) in [6.07, 6.45) is 10.3. The molecule has 1 saturated heterocycles. The number of para-hydroxylation sites is 1. The molecule has 2 aromatic carbocycles. The molecule has 1 fully saturated rings. The van der Waals surface area contributed by atoms with Crippen molar-refractivity contribution in [3.8, 4) is 18.1 Å². The highest BCUT2D eigenvalue weighted by Gasteiger charge is 2.61. The Labute approximate surface area is 185 Å². The van der Waals surface area contributed by atoms with E-state index in [0.29, 0.717) is 6.61 Å². The van der Waals surface area contributed by atoms with Gasteiger partial charge < -0.3 is 9.47 Å². The number of benzene rings is 2. The summed E-state index contributed by atoms with van der Waals surface area (Å²) in [5.41, 5.74) is 1.97. The van der Waals surface area contributed by atoms with Gasteiger partial charge >= 0.3 is 0 Å². The van der Waals surface area contributed by atoms with E-state index in [1.807, 2.05) is 48.5 Å². The van der Waals surface area contributed by atoms with E-state index in [1.54, 1.807) is 4.90 Å². The second-order valence-corrected chi connectivity index (χ2v) is 8.80. The van der Waals surface area contributed by atoms with Crippen molar-refractivity contribution >= 4 is 27.5 Å². The Morgan fingerprint density at radius 2 is 2.07 bits per heavy atom. The van der Waals surface area contributed by atoms with Gasteiger partial charge in [-0.15, -0.1) is 6.42 Å². The molecule has 5 heteroatoms. The number of halogens is 1. The fourth-order valence-corrected chi connectivity index (χ4v) is 5.75. The molecule has 30 heavy (non-hydrogen) atoms. The number of terminal acetylenes is 1. The number of amides is 1. The van der Waals surface area contributed by atoms with Crippen LogP contribution in [-0.4, -0.2) is 25.2 Å². The van der Waals surface area contributed by atoms with Crippen LogP contribution in [0.4, 0.5) is 5.69 Å². The number of hydrogen-bond acceptors (Lipinski definition) is 3. The van der Waals surface area contributed by atoms with Gasteiger partial charge in [-0.3, -0.25) is 9.69 Å². The third-order valence-electron chi connectivity index (χ3n) is 6.26. The maximum atomic E-state index is 13.9. The largest absolute Gasteiger partial charge is 0.491 e. The van der Waals surface area contributed by atoms with Crippen LogP contribution in [0.2, 0.25) is 0 Å². The summed E-state index contributed by atoms with van der Waals surface area (Å²) >= 11 is 3.70. The minimum atomic E-state index is -1.06. The Morgan fingerprint density at radius 3 is 2.87 bits per heavy atom. The molecule has 152 valence electrons. The van der Waals surface area contributed by atoms with Crippen LogP contribution < -0.4 is 9.64 Å². The van der Waals surface area contributed by atoms with E-state index in [0.717, 1.165) is 40.7 Å². The van der Waals surface area contributed by atoms with Gasteiger partial charge in [-0.05, 0) is 43.5 Å². The van der Waals surface area contributed by atoms with Crippen molar-refractivity contribution in [2.75, 3.05) is 18.1 Å². The van der Waals surface area contributed by atoms with E-state index < -0.39 is 5.60 Å². The van der Waals surface area contributed by atoms with Crippen LogP contribution in [0.25, 0.3) is 0 Å². The van der Waals surface area contributed by atoms with Gasteiger partial charge in [0.25, 0.3) is 5.91 Å². The molecule has 2 aliphatic heterocycles. The standard InChI is InChI=1S/C25H22BrNO3/c1-2-14-27-22-13-7-12-21(26)23(22)25(24(27)28)20-11-6-8-17(20)15-19(30-25)16-29-18-9-4-3-5-10-18/h1,3-5,7-10,12-13,19-20H,6,11,14-16H2/t19-,20?,25+/m0/s1. The van der Waals surface area contributed by atoms with Crippen molar-refractivity contribution in [3.63, 3.8) is 0 Å². The zero-order valence-electron chi connectivity index (χ0n) is 16.5. The first-order valence-corrected chi connectivity index (χ1v) is 11.0. The number of carbonyl (C=O) groups excluding carboxylic acids is 1. The molecule has 3 aliphatic rings. The lowest BCUT2D eigenvalue weighted by Crippen LogP contribution is -2.53. The number of ether oxygens (including phenoxy) is 2. The normalized spacial score (nSPS) is 26.9. The van der Waals surface area contributed by atoms with Crippen LogP contribution in [0.15, 0.2) is 64.7 Å². The third kappa shape index (κ3) is 2.90. The number of carbonyl (C=O) groups is 1. The first kappa shape index (κ1) is 19.4. The van der Waals surface area contributed by atoms with E-state index in [4.69, 9.17) is 15.9 Å². The summed E-state index contributed by atoms with van der Waals surface area (Å²) in [6, 6.07) is 15.6. The van der Waals surface area contributed by atoms with E-state index in [-0.39, 0.29) is 24.5 Å². The van der Waals surface area contributed by atoms with E-state index in [1.165, 1.54) is 5.57 Å². The SMILES string of the molecule is C#CCN1C(=O)[C@]2(O[C@H](COc3ccccc3)CC3=CCCC32)c2c(Br)cccc21. The molecule has 1 amide bonds. The molecule has 5 rings (SSSR count). The second kappa shape index (κ2) is 7.61. The molecule has 0 aromatic heterocycles. The highest BCUT2D eigenvalue weighted by molar-refractivity contribution is 9.10. The van der Waals surface area contributed by atoms with Crippen molar-refractivity contribution in [2.24, 2.45) is 5.92 Å². The molecule has 3 atom stereocenters. The average molecular weight is 464 g/mol. The number of fused-ring (bicyclic) bond motifs is 4. The van der Waals surface area contributed by atoms with Gasteiger partial charge in [0.1, 0.15) is 12.4 Å². The molecule has 1 aliphatic carbocycles. The summed E-state index contributed by atoms with van der Waals surface area (Å²) in [5, 5.41) is 0. The summed E-state index contributed by atoms with van der Waals surface area (Å²) in [7, 11) is 0. The molecule has 0 radical (unpaired) electrons. The van der Waals surface area contributed by atoms with Gasteiger partial charge in [-0.25, -0.2) is 0 Å². The van der Waals surface area contributed by atoms with Gasteiger partial charge in [-0.1, -0.05) is 57.8 Å². The molecule has 0 N–H and O–H groups in total. The monoisotopic (exact) mass is 463 g/mol. The van der Waals surface area contributed by atoms with Crippen molar-refractivity contribution < 1.29 is 14.3 Å². The summed E-state index contributed by atoms with van der Waals surface area (Å²) in [4.78, 5) is 15.6. The molecular weight excluding hydrogens is 442 g/mol. The lowest BCUT2D eigenvalue weighted by Gasteiger charge is -2.44. The molecule has 0 saturated carbocycles. The third-order valence-corrected chi connectivity index (χ3v) is 6.92. The summed E-state index contributed by atoms with van der Waals surface area (Å²) in [6.45, 7) is 0.613.